The molecule has 0 aliphatic heterocycles. The molecule has 0 saturated heterocycles. The summed E-state index contributed by atoms with van der Waals surface area (Å²) in [6.45, 7) is 8.11. The van der Waals surface area contributed by atoms with E-state index in [0.717, 1.165) is 136 Å². The van der Waals surface area contributed by atoms with Gasteiger partial charge in [-0.25, -0.2) is 4.98 Å². The average Bonchev–Trinajstić information content (AvgIpc) is 1.26. The normalized spacial score (nSPS) is 12.7. The van der Waals surface area contributed by atoms with Gasteiger partial charge in [-0.2, -0.15) is 94.8 Å². The van der Waals surface area contributed by atoms with Gasteiger partial charge in [-0.15, -0.1) is 0 Å². The van der Waals surface area contributed by atoms with Crippen molar-refractivity contribution < 1.29 is 79.0 Å². The summed E-state index contributed by atoms with van der Waals surface area (Å²) in [5, 5.41) is 37.0. The van der Waals surface area contributed by atoms with Gasteiger partial charge in [-0.3, -0.25) is 9.13 Å². The Balaban J connectivity index is 0.000000172. The van der Waals surface area contributed by atoms with E-state index in [0.29, 0.717) is 98.3 Å². The summed E-state index contributed by atoms with van der Waals surface area (Å²) in [4.78, 5) is 5.84. The molecular weight excluding hydrogens is 1640 g/mol. The summed E-state index contributed by atoms with van der Waals surface area (Å²) in [6.07, 6.45) is -29.0. The second-order valence-corrected chi connectivity index (χ2v) is 30.5. The summed E-state index contributed by atoms with van der Waals surface area (Å²) in [5.41, 5.74) is 1.34. The predicted molar refractivity (Wildman–Crippen MR) is 440 cm³/mol. The van der Waals surface area contributed by atoms with Crippen molar-refractivity contribution in [2.24, 2.45) is 0 Å². The molecule has 0 N–H and O–H groups in total. The molecule has 0 saturated carbocycles. The maximum atomic E-state index is 14.6. The second kappa shape index (κ2) is 27.5. The van der Waals surface area contributed by atoms with E-state index in [4.69, 9.17) is 4.98 Å². The van der Waals surface area contributed by atoms with E-state index in [-0.39, 0.29) is 88.6 Å². The fourth-order valence-corrected chi connectivity index (χ4v) is 17.6. The zero-order chi connectivity index (χ0) is 87.4. The number of para-hydroxylation sites is 2. The van der Waals surface area contributed by atoms with Gasteiger partial charge in [0.15, 0.2) is 11.6 Å². The Morgan fingerprint density at radius 2 is 0.419 bits per heavy atom. The molecule has 0 aliphatic carbocycles. The van der Waals surface area contributed by atoms with Crippen molar-refractivity contribution in [3.8, 4) is 52.6 Å². The van der Waals surface area contributed by atoms with Gasteiger partial charge in [-0.1, -0.05) is 82.9 Å². The molecule has 10 nitrogen and oxygen atoms in total. The van der Waals surface area contributed by atoms with Crippen LogP contribution in [0.15, 0.2) is 243 Å². The number of hydrogen-bond donors (Lipinski definition) is 0. The Morgan fingerprint density at radius 3 is 0.661 bits per heavy atom. The van der Waals surface area contributed by atoms with Gasteiger partial charge in [0.1, 0.15) is 35.1 Å². The van der Waals surface area contributed by atoms with E-state index >= 15 is 0 Å². The highest BCUT2D eigenvalue weighted by Gasteiger charge is 2.40. The van der Waals surface area contributed by atoms with Gasteiger partial charge in [0, 0.05) is 64.6 Å². The first-order chi connectivity index (χ1) is 58.8. The number of alkyl halides is 18. The molecule has 0 unspecified atom stereocenters. The molecule has 0 radical (unpaired) electrons. The van der Waals surface area contributed by atoms with Gasteiger partial charge in [0.05, 0.1) is 122 Å². The lowest BCUT2D eigenvalue weighted by Crippen LogP contribution is -2.16. The van der Waals surface area contributed by atoms with Gasteiger partial charge < -0.3 is 18.3 Å². The average molecular weight is 1690 g/mol. The minimum Gasteiger partial charge on any atom is -0.306 e. The van der Waals surface area contributed by atoms with Gasteiger partial charge in [0.25, 0.3) is 0 Å². The molecule has 0 bridgehead atoms. The molecule has 0 atom stereocenters. The van der Waals surface area contributed by atoms with Crippen molar-refractivity contribution in [1.29, 1.82) is 15.8 Å². The van der Waals surface area contributed by atoms with E-state index in [1.807, 2.05) is 88.4 Å². The number of hydrogen-bond acceptors (Lipinski definition) is 4. The molecule has 612 valence electrons. The molecule has 0 spiro atoms. The van der Waals surface area contributed by atoms with Crippen LogP contribution in [0, 0.1) is 61.7 Å². The van der Waals surface area contributed by atoms with Crippen molar-refractivity contribution in [1.82, 2.24) is 32.4 Å². The van der Waals surface area contributed by atoms with Gasteiger partial charge in [0.2, 0.25) is 0 Å². The smallest absolute Gasteiger partial charge is 0.306 e. The molecule has 0 aliphatic rings. The van der Waals surface area contributed by atoms with Crippen LogP contribution in [0.1, 0.15) is 72.3 Å². The van der Waals surface area contributed by atoms with E-state index in [1.165, 1.54) is 12.1 Å². The van der Waals surface area contributed by atoms with Crippen molar-refractivity contribution in [3.63, 3.8) is 0 Å². The number of fused-ring (bicyclic) bond motifs is 18. The lowest BCUT2D eigenvalue weighted by atomic mass is 10.1. The molecule has 7 aromatic heterocycles. The summed E-state index contributed by atoms with van der Waals surface area (Å²) in [7, 11) is 0. The summed E-state index contributed by atoms with van der Waals surface area (Å²) < 4.78 is 264. The fourth-order valence-electron chi connectivity index (χ4n) is 17.6. The topological polar surface area (TPSA) is 114 Å². The van der Waals surface area contributed by atoms with E-state index in [2.05, 4.69) is 39.5 Å². The Kier molecular flexibility index (Phi) is 17.5. The minimum absolute atomic E-state index is 0.115. The van der Waals surface area contributed by atoms with Crippen molar-refractivity contribution in [2.75, 3.05) is 0 Å². The first-order valence-electron chi connectivity index (χ1n) is 38.0. The zero-order valence-corrected chi connectivity index (χ0v) is 64.4. The Hall–Kier alpha value is -15.0. The van der Waals surface area contributed by atoms with Crippen molar-refractivity contribution in [2.45, 2.75) is 64.8 Å². The number of benzene rings is 13. The third kappa shape index (κ3) is 12.4. The molecule has 28 heteroatoms. The fraction of sp³-hybridized carbons (Fsp3) is 0.104. The van der Waals surface area contributed by atoms with E-state index in [9.17, 15) is 94.8 Å². The Bertz CT molecular complexity index is 7740. The van der Waals surface area contributed by atoms with Gasteiger partial charge in [-0.05, 0) is 210 Å². The van der Waals surface area contributed by atoms with E-state index in [1.54, 1.807) is 57.7 Å². The predicted octanol–water partition coefficient (Wildman–Crippen LogP) is 28.3. The highest BCUT2D eigenvalue weighted by Crippen LogP contribution is 2.51. The van der Waals surface area contributed by atoms with Crippen LogP contribution in [0.5, 0.6) is 0 Å². The number of aromatic nitrogens is 7. The standard InChI is InChI=1S/C60H38F6N6.C36H14F12N4/c1-32-13-19-49-40(25-32)41-26-33(2)14-20-50(41)70(49)56-46(31-67)55(69-47-11-7-5-9-38(47)44-29-36(59(61,62)63)17-23-51(44)69)57(71-48-12-8-6-10-39(48)45-30-37(60(64,65)66)18-24-54(45)71)68-58(56)72-52-21-15-34(3)27-42(52)43-28-35(4)16-22-53(43)72;37-33(38,39)19-3-7-27-23(11-19)24-12-20(34(40,41)42)4-8-28(24)51(27)31-17(15-49)1-2-18(16-50)32(31)52-29-9-5-21(35(43,44)45)13-25(29)26-14-22(36(46,47)48)6-10-30(26)52/h5-30H,1-4H3;1-14H. The molecule has 20 rings (SSSR count). The number of aryl methyl sites for hydroxylation is 4. The highest BCUT2D eigenvalue weighted by atomic mass is 19.4. The van der Waals surface area contributed by atoms with Crippen LogP contribution >= 0.6 is 0 Å². The number of rotatable bonds is 6. The summed E-state index contributed by atoms with van der Waals surface area (Å²) >= 11 is 0. The molecule has 0 fully saturated rings. The maximum absolute atomic E-state index is 14.6. The maximum Gasteiger partial charge on any atom is 0.416 e. The molecule has 13 aromatic carbocycles. The summed E-state index contributed by atoms with van der Waals surface area (Å²) in [6, 6.07) is 63.7. The monoisotopic (exact) mass is 1690 g/mol. The molecular formula is C96H52F18N10. The van der Waals surface area contributed by atoms with E-state index < -0.39 is 70.4 Å². The Morgan fingerprint density at radius 1 is 0.218 bits per heavy atom. The van der Waals surface area contributed by atoms with Crippen LogP contribution in [-0.4, -0.2) is 32.4 Å². The molecule has 7 heterocycles. The molecule has 20 aromatic rings. The number of nitrogens with zero attached hydrogens (tertiary/aromatic N) is 10. The number of nitriles is 3. The molecule has 0 amide bonds. The third-order valence-corrected chi connectivity index (χ3v) is 22.9. The van der Waals surface area contributed by atoms with Crippen molar-refractivity contribution in [3.05, 3.63) is 315 Å². The number of halogens is 18. The first kappa shape index (κ1) is 78.8. The third-order valence-electron chi connectivity index (χ3n) is 22.9. The van der Waals surface area contributed by atoms with Crippen LogP contribution < -0.4 is 0 Å². The lowest BCUT2D eigenvalue weighted by molar-refractivity contribution is -0.138. The highest BCUT2D eigenvalue weighted by molar-refractivity contribution is 6.17. The van der Waals surface area contributed by atoms with Crippen LogP contribution in [0.3, 0.4) is 0 Å². The van der Waals surface area contributed by atoms with Crippen LogP contribution in [0.4, 0.5) is 79.0 Å². The quantitative estimate of drug-likeness (QED) is 0.154. The minimum atomic E-state index is -4.93. The Labute approximate surface area is 687 Å². The van der Waals surface area contributed by atoms with Gasteiger partial charge >= 0.3 is 37.1 Å². The van der Waals surface area contributed by atoms with Crippen LogP contribution in [-0.2, 0) is 37.1 Å². The lowest BCUT2D eigenvalue weighted by Gasteiger charge is -2.24. The second-order valence-electron chi connectivity index (χ2n) is 30.5. The van der Waals surface area contributed by atoms with Crippen LogP contribution in [0.25, 0.3) is 165 Å². The SMILES string of the molecule is Cc1ccc2c(c1)c1cc(C)ccc1n2-c1nc(-n2c3ccccc3c3cc(C(F)(F)F)ccc32)c(-n2c3ccccc3c3cc(C(F)(F)F)ccc32)c(C#N)c1-n1c2ccc(C)cc2c2cc(C)ccc21.N#Cc1ccc(C#N)c(-n2c3ccc(C(F)(F)F)cc3c3cc(C(F)(F)F)ccc32)c1-n1c2ccc(C(F)(F)F)cc2c2cc(C(F)(F)F)ccc21. The van der Waals surface area contributed by atoms with Crippen molar-refractivity contribution >= 4 is 131 Å². The summed E-state index contributed by atoms with van der Waals surface area (Å²) in [5.74, 6) is 0.511. The number of pyridine rings is 1. The molecule has 124 heavy (non-hydrogen) atoms. The largest absolute Gasteiger partial charge is 0.416 e. The van der Waals surface area contributed by atoms with Crippen LogP contribution in [0.2, 0.25) is 0 Å². The zero-order valence-electron chi connectivity index (χ0n) is 64.4. The first-order valence-corrected chi connectivity index (χ1v) is 38.0.